The number of nitrogens with zero attached hydrogens (tertiary/aromatic N) is 2. The Morgan fingerprint density at radius 1 is 1.09 bits per heavy atom. The van der Waals surface area contributed by atoms with Crippen molar-refractivity contribution in [3.05, 3.63) is 64.9 Å². The third kappa shape index (κ3) is 7.74. The maximum absolute atomic E-state index is 14.2. The predicted octanol–water partition coefficient (Wildman–Crippen LogP) is 6.93. The third-order valence-corrected chi connectivity index (χ3v) is 5.91. The molecule has 0 bridgehead atoms. The van der Waals surface area contributed by atoms with Crippen LogP contribution in [0.3, 0.4) is 0 Å². The van der Waals surface area contributed by atoms with Crippen molar-refractivity contribution in [2.75, 3.05) is 18.6 Å². The van der Waals surface area contributed by atoms with Crippen LogP contribution >= 0.6 is 23.4 Å². The second kappa shape index (κ2) is 12.8. The van der Waals surface area contributed by atoms with Crippen LogP contribution in [0.15, 0.2) is 42.6 Å². The summed E-state index contributed by atoms with van der Waals surface area (Å²) in [5.74, 6) is 0.627. The zero-order valence-electron chi connectivity index (χ0n) is 19.2. The molecule has 182 valence electrons. The Morgan fingerprint density at radius 2 is 1.91 bits per heavy atom. The highest BCUT2D eigenvalue weighted by molar-refractivity contribution is 7.97. The number of anilines is 1. The number of pyridine rings is 2. The fraction of sp³-hybridized carbons (Fsp3) is 0.360. The van der Waals surface area contributed by atoms with Crippen LogP contribution in [0.4, 0.5) is 14.6 Å². The number of rotatable bonds is 12. The molecule has 1 atom stereocenters. The van der Waals surface area contributed by atoms with E-state index < -0.39 is 11.6 Å². The molecule has 0 saturated carbocycles. The molecule has 1 unspecified atom stereocenters. The van der Waals surface area contributed by atoms with E-state index in [-0.39, 0.29) is 23.2 Å². The number of aromatic nitrogens is 2. The van der Waals surface area contributed by atoms with E-state index in [0.717, 1.165) is 43.2 Å². The number of ether oxygens (including phenoxy) is 2. The Kier molecular flexibility index (Phi) is 9.77. The van der Waals surface area contributed by atoms with Crippen molar-refractivity contribution in [2.24, 2.45) is 0 Å². The maximum atomic E-state index is 14.2. The van der Waals surface area contributed by atoms with Crippen LogP contribution in [-0.2, 0) is 5.75 Å². The second-order valence-electron chi connectivity index (χ2n) is 7.93. The molecule has 0 amide bonds. The topological polar surface area (TPSA) is 70.3 Å². The Hall–Kier alpha value is -2.58. The van der Waals surface area contributed by atoms with E-state index in [2.05, 4.69) is 9.97 Å². The SMILES string of the molecule is CSCc1cc(Cl)nc(OC(C)CCCCCOc2cc(-c3cc(N)ncc3F)ccc2F)c1. The number of benzene rings is 1. The highest BCUT2D eigenvalue weighted by Gasteiger charge is 2.12. The molecule has 2 aromatic heterocycles. The second-order valence-corrected chi connectivity index (χ2v) is 9.18. The lowest BCUT2D eigenvalue weighted by Crippen LogP contribution is -2.13. The first-order valence-corrected chi connectivity index (χ1v) is 12.8. The summed E-state index contributed by atoms with van der Waals surface area (Å²) >= 11 is 7.79. The van der Waals surface area contributed by atoms with E-state index in [1.165, 1.54) is 24.3 Å². The lowest BCUT2D eigenvalue weighted by atomic mass is 10.1. The van der Waals surface area contributed by atoms with Gasteiger partial charge in [-0.3, -0.25) is 0 Å². The molecular weight excluding hydrogens is 480 g/mol. The highest BCUT2D eigenvalue weighted by atomic mass is 35.5. The predicted molar refractivity (Wildman–Crippen MR) is 135 cm³/mol. The average molecular weight is 508 g/mol. The van der Waals surface area contributed by atoms with Crippen molar-refractivity contribution < 1.29 is 18.3 Å². The molecule has 34 heavy (non-hydrogen) atoms. The Morgan fingerprint density at radius 3 is 2.71 bits per heavy atom. The molecule has 0 aliphatic rings. The van der Waals surface area contributed by atoms with Gasteiger partial charge in [0.2, 0.25) is 5.88 Å². The Bertz CT molecular complexity index is 1100. The number of hydrogen-bond donors (Lipinski definition) is 1. The van der Waals surface area contributed by atoms with E-state index in [9.17, 15) is 8.78 Å². The molecule has 2 N–H and O–H groups in total. The minimum Gasteiger partial charge on any atom is -0.490 e. The Labute approximate surface area is 208 Å². The molecule has 3 aromatic rings. The van der Waals surface area contributed by atoms with Gasteiger partial charge in [0.05, 0.1) is 18.9 Å². The quantitative estimate of drug-likeness (QED) is 0.212. The molecule has 0 aliphatic heterocycles. The molecule has 0 spiro atoms. The third-order valence-electron chi connectivity index (χ3n) is 5.09. The van der Waals surface area contributed by atoms with Crippen molar-refractivity contribution in [3.8, 4) is 22.8 Å². The number of nitrogens with two attached hydrogens (primary N) is 1. The van der Waals surface area contributed by atoms with E-state index in [0.29, 0.717) is 23.2 Å². The van der Waals surface area contributed by atoms with Gasteiger partial charge in [-0.2, -0.15) is 11.8 Å². The summed E-state index contributed by atoms with van der Waals surface area (Å²) in [6.45, 7) is 2.35. The zero-order valence-corrected chi connectivity index (χ0v) is 20.8. The van der Waals surface area contributed by atoms with Gasteiger partial charge in [0, 0.05) is 17.4 Å². The molecule has 2 heterocycles. The van der Waals surface area contributed by atoms with Crippen LogP contribution < -0.4 is 15.2 Å². The summed E-state index contributed by atoms with van der Waals surface area (Å²) in [6, 6.07) is 9.40. The lowest BCUT2D eigenvalue weighted by molar-refractivity contribution is 0.196. The minimum absolute atomic E-state index is 0.00849. The number of thioether (sulfide) groups is 1. The van der Waals surface area contributed by atoms with Gasteiger partial charge in [0.15, 0.2) is 11.6 Å². The minimum atomic E-state index is -0.531. The van der Waals surface area contributed by atoms with Crippen LogP contribution in [0.5, 0.6) is 11.6 Å². The van der Waals surface area contributed by atoms with Crippen LogP contribution in [0.2, 0.25) is 5.15 Å². The average Bonchev–Trinajstić information content (AvgIpc) is 2.78. The normalized spacial score (nSPS) is 11.9. The van der Waals surface area contributed by atoms with Gasteiger partial charge in [-0.05, 0) is 74.3 Å². The van der Waals surface area contributed by atoms with Gasteiger partial charge in [-0.1, -0.05) is 17.7 Å². The van der Waals surface area contributed by atoms with Gasteiger partial charge in [0.1, 0.15) is 16.8 Å². The summed E-state index contributed by atoms with van der Waals surface area (Å²) in [5.41, 5.74) is 7.46. The number of nitrogen functional groups attached to an aromatic ring is 1. The standard InChI is InChI=1S/C25H28ClF2N3O2S/c1-16(33-25-11-17(15-34-2)10-23(26)31-25)6-4-3-5-9-32-22-12-18(7-8-20(22)27)19-13-24(29)30-14-21(19)28/h7-8,10-14,16H,3-6,9,15H2,1-2H3,(H2,29,30). The summed E-state index contributed by atoms with van der Waals surface area (Å²) in [7, 11) is 0. The Balaban J connectivity index is 1.43. The number of hydrogen-bond acceptors (Lipinski definition) is 6. The van der Waals surface area contributed by atoms with E-state index in [1.807, 2.05) is 25.3 Å². The maximum Gasteiger partial charge on any atom is 0.215 e. The summed E-state index contributed by atoms with van der Waals surface area (Å²) in [5, 5.41) is 0.428. The molecule has 5 nitrogen and oxygen atoms in total. The largest absolute Gasteiger partial charge is 0.490 e. The van der Waals surface area contributed by atoms with Crippen molar-refractivity contribution in [3.63, 3.8) is 0 Å². The van der Waals surface area contributed by atoms with Crippen LogP contribution in [0.25, 0.3) is 11.1 Å². The van der Waals surface area contributed by atoms with Crippen molar-refractivity contribution in [2.45, 2.75) is 44.5 Å². The molecule has 9 heteroatoms. The molecular formula is C25H28ClF2N3O2S. The van der Waals surface area contributed by atoms with Gasteiger partial charge in [-0.25, -0.2) is 18.7 Å². The molecule has 1 aromatic carbocycles. The first-order chi connectivity index (χ1) is 16.4. The van der Waals surface area contributed by atoms with Gasteiger partial charge >= 0.3 is 0 Å². The number of unbranched alkanes of at least 4 members (excludes halogenated alkanes) is 2. The van der Waals surface area contributed by atoms with Crippen molar-refractivity contribution >= 4 is 29.2 Å². The number of halogens is 3. The summed E-state index contributed by atoms with van der Waals surface area (Å²) in [4.78, 5) is 7.95. The van der Waals surface area contributed by atoms with E-state index in [1.54, 1.807) is 11.8 Å². The van der Waals surface area contributed by atoms with Crippen LogP contribution in [-0.4, -0.2) is 28.9 Å². The molecule has 0 fully saturated rings. The van der Waals surface area contributed by atoms with E-state index >= 15 is 0 Å². The summed E-state index contributed by atoms with van der Waals surface area (Å²) in [6.07, 6.45) is 6.48. The fourth-order valence-corrected chi connectivity index (χ4v) is 4.17. The highest BCUT2D eigenvalue weighted by Crippen LogP contribution is 2.29. The molecule has 0 radical (unpaired) electrons. The van der Waals surface area contributed by atoms with E-state index in [4.69, 9.17) is 26.8 Å². The van der Waals surface area contributed by atoms with Crippen LogP contribution in [0.1, 0.15) is 38.2 Å². The van der Waals surface area contributed by atoms with Crippen molar-refractivity contribution in [1.82, 2.24) is 9.97 Å². The molecule has 0 saturated heterocycles. The molecule has 0 aliphatic carbocycles. The monoisotopic (exact) mass is 507 g/mol. The van der Waals surface area contributed by atoms with Gasteiger partial charge in [-0.15, -0.1) is 0 Å². The first-order valence-electron chi connectivity index (χ1n) is 11.0. The fourth-order valence-electron chi connectivity index (χ4n) is 3.45. The zero-order chi connectivity index (χ0) is 24.5. The van der Waals surface area contributed by atoms with Crippen LogP contribution in [0, 0.1) is 11.6 Å². The molecule has 3 rings (SSSR count). The van der Waals surface area contributed by atoms with Crippen molar-refractivity contribution in [1.29, 1.82) is 0 Å². The first kappa shape index (κ1) is 26.0. The summed E-state index contributed by atoms with van der Waals surface area (Å²) < 4.78 is 39.8. The van der Waals surface area contributed by atoms with Gasteiger partial charge in [0.25, 0.3) is 0 Å². The van der Waals surface area contributed by atoms with Gasteiger partial charge < -0.3 is 15.2 Å². The lowest BCUT2D eigenvalue weighted by Gasteiger charge is -2.15. The smallest absolute Gasteiger partial charge is 0.215 e.